The second-order valence-corrected chi connectivity index (χ2v) is 4.59. The van der Waals surface area contributed by atoms with Crippen LogP contribution >= 0.6 is 11.5 Å². The lowest BCUT2D eigenvalue weighted by Crippen LogP contribution is -2.19. The predicted molar refractivity (Wildman–Crippen MR) is 49.0 cm³/mol. The third-order valence-electron chi connectivity index (χ3n) is 2.63. The fourth-order valence-electron chi connectivity index (χ4n) is 1.95. The van der Waals surface area contributed by atoms with Crippen molar-refractivity contribution >= 4 is 11.5 Å². The summed E-state index contributed by atoms with van der Waals surface area (Å²) in [7, 11) is 0. The zero-order valence-corrected chi connectivity index (χ0v) is 7.97. The van der Waals surface area contributed by atoms with Crippen LogP contribution in [0.3, 0.4) is 0 Å². The minimum absolute atomic E-state index is 0.555. The average Bonchev–Trinajstić information content (AvgIpc) is 2.59. The number of aromatic nitrogens is 1. The molecule has 1 aromatic rings. The first-order valence-electron chi connectivity index (χ1n) is 4.34. The average molecular weight is 183 g/mol. The van der Waals surface area contributed by atoms with Crippen LogP contribution in [0.5, 0.6) is 0 Å². The second kappa shape index (κ2) is 2.82. The minimum atomic E-state index is -0.555. The SMILES string of the molecule is CC1CCC(O)(c2ccns2)C1. The molecule has 2 atom stereocenters. The molecular weight excluding hydrogens is 170 g/mol. The van der Waals surface area contributed by atoms with Crippen LogP contribution in [0.25, 0.3) is 0 Å². The Labute approximate surface area is 76.4 Å². The van der Waals surface area contributed by atoms with Gasteiger partial charge in [0.05, 0.1) is 4.88 Å². The van der Waals surface area contributed by atoms with Gasteiger partial charge >= 0.3 is 0 Å². The zero-order chi connectivity index (χ0) is 8.60. The highest BCUT2D eigenvalue weighted by Crippen LogP contribution is 2.42. The molecule has 1 aliphatic rings. The number of hydrogen-bond donors (Lipinski definition) is 1. The third kappa shape index (κ3) is 1.27. The maximum absolute atomic E-state index is 10.2. The molecular formula is C9H13NOS. The molecule has 3 heteroatoms. The van der Waals surface area contributed by atoms with Crippen molar-refractivity contribution < 1.29 is 5.11 Å². The van der Waals surface area contributed by atoms with Crippen molar-refractivity contribution in [1.29, 1.82) is 0 Å². The summed E-state index contributed by atoms with van der Waals surface area (Å²) in [4.78, 5) is 1.03. The highest BCUT2D eigenvalue weighted by atomic mass is 32.1. The lowest BCUT2D eigenvalue weighted by atomic mass is 9.99. The summed E-state index contributed by atoms with van der Waals surface area (Å²) >= 11 is 1.42. The Balaban J connectivity index is 2.23. The fraction of sp³-hybridized carbons (Fsp3) is 0.667. The summed E-state index contributed by atoms with van der Waals surface area (Å²) < 4.78 is 4.02. The van der Waals surface area contributed by atoms with E-state index in [9.17, 15) is 5.11 Å². The van der Waals surface area contributed by atoms with Gasteiger partial charge in [-0.25, -0.2) is 4.37 Å². The van der Waals surface area contributed by atoms with Crippen molar-refractivity contribution in [3.8, 4) is 0 Å². The molecule has 12 heavy (non-hydrogen) atoms. The minimum Gasteiger partial charge on any atom is -0.384 e. The van der Waals surface area contributed by atoms with E-state index in [1.54, 1.807) is 6.20 Å². The first-order valence-corrected chi connectivity index (χ1v) is 5.11. The maximum atomic E-state index is 10.2. The van der Waals surface area contributed by atoms with Gasteiger partial charge in [-0.3, -0.25) is 0 Å². The van der Waals surface area contributed by atoms with E-state index < -0.39 is 5.60 Å². The molecule has 1 saturated carbocycles. The van der Waals surface area contributed by atoms with E-state index in [0.29, 0.717) is 5.92 Å². The summed E-state index contributed by atoms with van der Waals surface area (Å²) in [5.41, 5.74) is -0.555. The van der Waals surface area contributed by atoms with Gasteiger partial charge in [-0.2, -0.15) is 0 Å². The highest BCUT2D eigenvalue weighted by Gasteiger charge is 2.37. The van der Waals surface area contributed by atoms with Crippen LogP contribution in [0, 0.1) is 5.92 Å². The predicted octanol–water partition coefficient (Wildman–Crippen LogP) is 2.15. The lowest BCUT2D eigenvalue weighted by molar-refractivity contribution is 0.0446. The molecule has 1 N–H and O–H groups in total. The van der Waals surface area contributed by atoms with Crippen molar-refractivity contribution in [3.63, 3.8) is 0 Å². The molecule has 0 spiro atoms. The monoisotopic (exact) mass is 183 g/mol. The van der Waals surface area contributed by atoms with E-state index in [1.807, 2.05) is 6.07 Å². The molecule has 2 rings (SSSR count). The highest BCUT2D eigenvalue weighted by molar-refractivity contribution is 7.05. The Hall–Kier alpha value is -0.410. The third-order valence-corrected chi connectivity index (χ3v) is 3.57. The number of aliphatic hydroxyl groups is 1. The molecule has 0 bridgehead atoms. The molecule has 2 unspecified atom stereocenters. The van der Waals surface area contributed by atoms with Crippen molar-refractivity contribution in [2.75, 3.05) is 0 Å². The van der Waals surface area contributed by atoms with Crippen LogP contribution in [-0.4, -0.2) is 9.48 Å². The van der Waals surface area contributed by atoms with Crippen LogP contribution in [-0.2, 0) is 5.60 Å². The molecule has 0 amide bonds. The fourth-order valence-corrected chi connectivity index (χ4v) is 2.66. The largest absolute Gasteiger partial charge is 0.384 e. The van der Waals surface area contributed by atoms with Gasteiger partial charge in [0.15, 0.2) is 0 Å². The summed E-state index contributed by atoms with van der Waals surface area (Å²) in [6.07, 6.45) is 4.70. The number of nitrogens with zero attached hydrogens (tertiary/aromatic N) is 1. The van der Waals surface area contributed by atoms with Gasteiger partial charge in [0.1, 0.15) is 5.60 Å². The molecule has 1 heterocycles. The summed E-state index contributed by atoms with van der Waals surface area (Å²) in [5.74, 6) is 0.650. The van der Waals surface area contributed by atoms with Crippen LogP contribution in [0.4, 0.5) is 0 Å². The van der Waals surface area contributed by atoms with E-state index in [2.05, 4.69) is 11.3 Å². The Morgan fingerprint density at radius 2 is 2.58 bits per heavy atom. The van der Waals surface area contributed by atoms with Crippen molar-refractivity contribution in [2.45, 2.75) is 31.8 Å². The molecule has 1 aliphatic carbocycles. The Bertz CT molecular complexity index is 260. The van der Waals surface area contributed by atoms with Crippen molar-refractivity contribution in [2.24, 2.45) is 5.92 Å². The summed E-state index contributed by atoms with van der Waals surface area (Å²) in [6.45, 7) is 2.19. The van der Waals surface area contributed by atoms with E-state index in [-0.39, 0.29) is 0 Å². The van der Waals surface area contributed by atoms with Crippen molar-refractivity contribution in [1.82, 2.24) is 4.37 Å². The Morgan fingerprint density at radius 3 is 3.08 bits per heavy atom. The van der Waals surface area contributed by atoms with Gasteiger partial charge in [-0.15, -0.1) is 0 Å². The van der Waals surface area contributed by atoms with Gasteiger partial charge < -0.3 is 5.11 Å². The number of rotatable bonds is 1. The van der Waals surface area contributed by atoms with Crippen LogP contribution < -0.4 is 0 Å². The quantitative estimate of drug-likeness (QED) is 0.723. The molecule has 2 nitrogen and oxygen atoms in total. The topological polar surface area (TPSA) is 33.1 Å². The van der Waals surface area contributed by atoms with Crippen LogP contribution in [0.15, 0.2) is 12.3 Å². The lowest BCUT2D eigenvalue weighted by Gasteiger charge is -2.19. The van der Waals surface area contributed by atoms with E-state index in [4.69, 9.17) is 0 Å². The Morgan fingerprint density at radius 1 is 1.75 bits per heavy atom. The first-order chi connectivity index (χ1) is 5.71. The van der Waals surface area contributed by atoms with Gasteiger partial charge in [-0.1, -0.05) is 6.92 Å². The van der Waals surface area contributed by atoms with Crippen molar-refractivity contribution in [3.05, 3.63) is 17.1 Å². The smallest absolute Gasteiger partial charge is 0.101 e. The molecule has 0 aromatic carbocycles. The standard InChI is InChI=1S/C9H13NOS/c1-7-2-4-9(11,6-7)8-3-5-10-12-8/h3,5,7,11H,2,4,6H2,1H3. The van der Waals surface area contributed by atoms with E-state index in [1.165, 1.54) is 11.5 Å². The summed E-state index contributed by atoms with van der Waals surface area (Å²) in [6, 6.07) is 1.93. The zero-order valence-electron chi connectivity index (χ0n) is 7.16. The molecule has 0 aliphatic heterocycles. The van der Waals surface area contributed by atoms with E-state index >= 15 is 0 Å². The van der Waals surface area contributed by atoms with E-state index in [0.717, 1.165) is 24.1 Å². The normalized spacial score (nSPS) is 35.7. The maximum Gasteiger partial charge on any atom is 0.101 e. The van der Waals surface area contributed by atoms with Gasteiger partial charge in [0.2, 0.25) is 0 Å². The molecule has 66 valence electrons. The van der Waals surface area contributed by atoms with Gasteiger partial charge in [-0.05, 0) is 42.8 Å². The summed E-state index contributed by atoms with van der Waals surface area (Å²) in [5, 5.41) is 10.2. The molecule has 0 radical (unpaired) electrons. The van der Waals surface area contributed by atoms with Crippen LogP contribution in [0.1, 0.15) is 31.1 Å². The van der Waals surface area contributed by atoms with Gasteiger partial charge in [0.25, 0.3) is 0 Å². The molecule has 1 fully saturated rings. The Kier molecular flexibility index (Phi) is 1.93. The number of hydrogen-bond acceptors (Lipinski definition) is 3. The molecule has 1 aromatic heterocycles. The first kappa shape index (κ1) is 8.20. The second-order valence-electron chi connectivity index (χ2n) is 3.76. The van der Waals surface area contributed by atoms with Crippen LogP contribution in [0.2, 0.25) is 0 Å². The van der Waals surface area contributed by atoms with Gasteiger partial charge in [0, 0.05) is 6.20 Å². The molecule has 0 saturated heterocycles.